The highest BCUT2D eigenvalue weighted by Crippen LogP contribution is 2.41. The van der Waals surface area contributed by atoms with Gasteiger partial charge in [-0.1, -0.05) is 47.5 Å². The van der Waals surface area contributed by atoms with Crippen LogP contribution in [-0.4, -0.2) is 27.7 Å². The highest BCUT2D eigenvalue weighted by Gasteiger charge is 2.56. The molecule has 0 aliphatic heterocycles. The highest BCUT2D eigenvalue weighted by molar-refractivity contribution is 6.34. The van der Waals surface area contributed by atoms with E-state index in [4.69, 9.17) is 27.9 Å². The number of alkyl halides is 3. The molecule has 31 heavy (non-hydrogen) atoms. The number of hydrogen-bond acceptors (Lipinski definition) is 3. The van der Waals surface area contributed by atoms with Crippen molar-refractivity contribution in [2.45, 2.75) is 11.8 Å². The summed E-state index contributed by atoms with van der Waals surface area (Å²) in [5.41, 5.74) is -2.27. The van der Waals surface area contributed by atoms with Crippen LogP contribution in [0.2, 0.25) is 10.0 Å². The van der Waals surface area contributed by atoms with E-state index in [1.807, 2.05) is 30.3 Å². The van der Waals surface area contributed by atoms with Gasteiger partial charge in [-0.05, 0) is 48.0 Å². The average molecular weight is 467 g/mol. The topological polar surface area (TPSA) is 47.3 Å². The van der Waals surface area contributed by atoms with Crippen LogP contribution in [0.1, 0.15) is 5.56 Å². The van der Waals surface area contributed by atoms with Crippen molar-refractivity contribution in [1.29, 1.82) is 0 Å². The Kier molecular flexibility index (Phi) is 5.60. The number of aliphatic hydroxyl groups is 1. The second-order valence-electron chi connectivity index (χ2n) is 6.92. The molecule has 9 heteroatoms. The second-order valence-corrected chi connectivity index (χ2v) is 7.79. The Labute approximate surface area is 185 Å². The molecule has 160 valence electrons. The number of hydrogen-bond donors (Lipinski definition) is 1. The highest BCUT2D eigenvalue weighted by atomic mass is 35.5. The SMILES string of the molecule is OC(COc1cc(Cl)cc(Cl)c1)(c1ccc2c(cnn2-c2ccccc2)c1)C(F)(F)F. The molecular formula is C22H15Cl2F3N2O2. The first-order valence-corrected chi connectivity index (χ1v) is 9.85. The Morgan fingerprint density at radius 3 is 2.26 bits per heavy atom. The standard InChI is InChI=1S/C22H15Cl2F3N2O2/c23-16-9-17(24)11-19(10-16)31-13-21(30,22(25,26)27)15-6-7-20-14(8-15)12-28-29(20)18-4-2-1-3-5-18/h1-12,30H,13H2. The summed E-state index contributed by atoms with van der Waals surface area (Å²) in [6.07, 6.45) is -3.56. The van der Waals surface area contributed by atoms with E-state index in [1.54, 1.807) is 4.68 Å². The predicted molar refractivity (Wildman–Crippen MR) is 113 cm³/mol. The minimum atomic E-state index is -5.00. The van der Waals surface area contributed by atoms with Crippen LogP contribution in [0.5, 0.6) is 5.75 Å². The van der Waals surface area contributed by atoms with Crippen molar-refractivity contribution in [1.82, 2.24) is 9.78 Å². The van der Waals surface area contributed by atoms with E-state index in [0.717, 1.165) is 5.69 Å². The Bertz CT molecular complexity index is 1210. The number of para-hydroxylation sites is 1. The van der Waals surface area contributed by atoms with Gasteiger partial charge in [-0.15, -0.1) is 0 Å². The summed E-state index contributed by atoms with van der Waals surface area (Å²) < 4.78 is 48.6. The fraction of sp³-hybridized carbons (Fsp3) is 0.136. The van der Waals surface area contributed by atoms with Gasteiger partial charge in [0.15, 0.2) is 0 Å². The molecule has 4 rings (SSSR count). The van der Waals surface area contributed by atoms with Gasteiger partial charge in [0.05, 0.1) is 17.4 Å². The van der Waals surface area contributed by atoms with Crippen LogP contribution < -0.4 is 4.74 Å². The third kappa shape index (κ3) is 4.21. The van der Waals surface area contributed by atoms with Gasteiger partial charge >= 0.3 is 6.18 Å². The normalized spacial score (nSPS) is 13.9. The molecule has 4 aromatic rings. The second kappa shape index (κ2) is 8.07. The molecule has 0 saturated carbocycles. The molecule has 0 amide bonds. The molecule has 3 aromatic carbocycles. The van der Waals surface area contributed by atoms with Crippen LogP contribution in [0.3, 0.4) is 0 Å². The molecule has 1 heterocycles. The van der Waals surface area contributed by atoms with Crippen LogP contribution in [0.4, 0.5) is 13.2 Å². The predicted octanol–water partition coefficient (Wildman–Crippen LogP) is 6.16. The van der Waals surface area contributed by atoms with E-state index in [1.165, 1.54) is 42.6 Å². The summed E-state index contributed by atoms with van der Waals surface area (Å²) in [5, 5.41) is 15.8. The van der Waals surface area contributed by atoms with E-state index in [-0.39, 0.29) is 21.4 Å². The van der Waals surface area contributed by atoms with Crippen LogP contribution >= 0.6 is 23.2 Å². The summed E-state index contributed by atoms with van der Waals surface area (Å²) in [6.45, 7) is -1.08. The lowest BCUT2D eigenvalue weighted by molar-refractivity contribution is -0.275. The van der Waals surface area contributed by atoms with E-state index < -0.39 is 18.4 Å². The monoisotopic (exact) mass is 466 g/mol. The van der Waals surface area contributed by atoms with E-state index >= 15 is 0 Å². The Balaban J connectivity index is 1.70. The maximum Gasteiger partial charge on any atom is 0.424 e. The molecule has 1 unspecified atom stereocenters. The van der Waals surface area contributed by atoms with E-state index in [0.29, 0.717) is 10.9 Å². The van der Waals surface area contributed by atoms with Crippen molar-refractivity contribution in [3.8, 4) is 11.4 Å². The molecule has 0 saturated heterocycles. The molecule has 0 spiro atoms. The number of rotatable bonds is 5. The summed E-state index contributed by atoms with van der Waals surface area (Å²) in [7, 11) is 0. The van der Waals surface area contributed by atoms with E-state index in [2.05, 4.69) is 5.10 Å². The first-order valence-electron chi connectivity index (χ1n) is 9.09. The molecule has 1 atom stereocenters. The zero-order chi connectivity index (χ0) is 22.2. The van der Waals surface area contributed by atoms with Crippen LogP contribution in [0.25, 0.3) is 16.6 Å². The molecule has 1 N–H and O–H groups in total. The fourth-order valence-corrected chi connectivity index (χ4v) is 3.70. The minimum Gasteiger partial charge on any atom is -0.490 e. The van der Waals surface area contributed by atoms with Gasteiger partial charge in [0.2, 0.25) is 5.60 Å². The molecule has 0 aliphatic carbocycles. The van der Waals surface area contributed by atoms with Gasteiger partial charge in [-0.3, -0.25) is 0 Å². The summed E-state index contributed by atoms with van der Waals surface area (Å²) in [5.74, 6) is 0.0122. The van der Waals surface area contributed by atoms with Crippen molar-refractivity contribution in [2.24, 2.45) is 0 Å². The van der Waals surface area contributed by atoms with Gasteiger partial charge in [0, 0.05) is 15.4 Å². The van der Waals surface area contributed by atoms with Crippen molar-refractivity contribution in [2.75, 3.05) is 6.61 Å². The lowest BCUT2D eigenvalue weighted by atomic mass is 9.93. The largest absolute Gasteiger partial charge is 0.490 e. The van der Waals surface area contributed by atoms with Crippen molar-refractivity contribution in [3.63, 3.8) is 0 Å². The van der Waals surface area contributed by atoms with Crippen LogP contribution in [0, 0.1) is 0 Å². The average Bonchev–Trinajstić information content (AvgIpc) is 3.14. The summed E-state index contributed by atoms with van der Waals surface area (Å²) >= 11 is 11.7. The Hall–Kier alpha value is -2.74. The van der Waals surface area contributed by atoms with E-state index in [9.17, 15) is 18.3 Å². The van der Waals surface area contributed by atoms with Gasteiger partial charge in [0.1, 0.15) is 12.4 Å². The smallest absolute Gasteiger partial charge is 0.424 e. The Morgan fingerprint density at radius 1 is 0.935 bits per heavy atom. The number of halogens is 5. The fourth-order valence-electron chi connectivity index (χ4n) is 3.19. The first kappa shape index (κ1) is 21.5. The molecule has 1 aromatic heterocycles. The molecule has 0 bridgehead atoms. The molecular weight excluding hydrogens is 452 g/mol. The summed E-state index contributed by atoms with van der Waals surface area (Å²) in [6, 6.07) is 17.2. The third-order valence-electron chi connectivity index (χ3n) is 4.80. The maximum atomic E-state index is 13.9. The molecule has 4 nitrogen and oxygen atoms in total. The number of aromatic nitrogens is 2. The summed E-state index contributed by atoms with van der Waals surface area (Å²) in [4.78, 5) is 0. The van der Waals surface area contributed by atoms with Crippen LogP contribution in [-0.2, 0) is 5.60 Å². The third-order valence-corrected chi connectivity index (χ3v) is 5.24. The van der Waals surface area contributed by atoms with Gasteiger partial charge in [-0.2, -0.15) is 18.3 Å². The minimum absolute atomic E-state index is 0.0122. The molecule has 0 radical (unpaired) electrons. The van der Waals surface area contributed by atoms with Gasteiger partial charge in [-0.25, -0.2) is 4.68 Å². The van der Waals surface area contributed by atoms with Crippen molar-refractivity contribution >= 4 is 34.1 Å². The molecule has 0 aliphatic rings. The van der Waals surface area contributed by atoms with Crippen LogP contribution in [0.15, 0.2) is 72.9 Å². The zero-order valence-electron chi connectivity index (χ0n) is 15.8. The van der Waals surface area contributed by atoms with Crippen molar-refractivity contribution in [3.05, 3.63) is 88.5 Å². The lowest BCUT2D eigenvalue weighted by Gasteiger charge is -2.31. The quantitative estimate of drug-likeness (QED) is 0.383. The van der Waals surface area contributed by atoms with Gasteiger partial charge < -0.3 is 9.84 Å². The number of nitrogens with zero attached hydrogens (tertiary/aromatic N) is 2. The van der Waals surface area contributed by atoms with Crippen molar-refractivity contribution < 1.29 is 23.0 Å². The van der Waals surface area contributed by atoms with Gasteiger partial charge in [0.25, 0.3) is 0 Å². The number of fused-ring (bicyclic) bond motifs is 1. The number of ether oxygens (including phenoxy) is 1. The first-order chi connectivity index (χ1) is 14.7. The number of benzene rings is 3. The Morgan fingerprint density at radius 2 is 1.61 bits per heavy atom. The zero-order valence-corrected chi connectivity index (χ0v) is 17.3. The maximum absolute atomic E-state index is 13.9. The lowest BCUT2D eigenvalue weighted by Crippen LogP contribution is -2.47. The molecule has 0 fully saturated rings.